The van der Waals surface area contributed by atoms with E-state index in [0.29, 0.717) is 5.92 Å². The minimum absolute atomic E-state index is 0. The Morgan fingerprint density at radius 3 is 2.00 bits per heavy atom. The van der Waals surface area contributed by atoms with E-state index in [0.717, 1.165) is 0 Å². The lowest BCUT2D eigenvalue weighted by Gasteiger charge is -2.54. The van der Waals surface area contributed by atoms with Crippen LogP contribution >= 0.6 is 0 Å². The fraction of sp³-hybridized carbons (Fsp3) is 1.00. The maximum atomic E-state index is 9.89. The van der Waals surface area contributed by atoms with E-state index in [4.69, 9.17) is 0 Å². The zero-order valence-corrected chi connectivity index (χ0v) is 7.38. The van der Waals surface area contributed by atoms with Gasteiger partial charge < -0.3 is 5.11 Å². The Hall–Kier alpha value is -0.0151. The Balaban J connectivity index is 0.000000720. The maximum Gasteiger partial charge on any atom is 0.0814 e. The van der Waals surface area contributed by atoms with Crippen LogP contribution in [0.4, 0.5) is 0 Å². The van der Waals surface area contributed by atoms with E-state index in [9.17, 15) is 5.11 Å². The fourth-order valence-corrected chi connectivity index (χ4v) is 2.56. The number of hydrogen-bond acceptors (Lipinski definition) is 2. The molecule has 3 aliphatic heterocycles. The first-order chi connectivity index (χ1) is 5.12. The molecule has 3 fully saturated rings. The fourth-order valence-electron chi connectivity index (χ4n) is 2.56. The summed E-state index contributed by atoms with van der Waals surface area (Å²) in [6.45, 7) is 6.69. The van der Waals surface area contributed by atoms with Crippen LogP contribution in [0.5, 0.6) is 0 Å². The van der Waals surface area contributed by atoms with Gasteiger partial charge in [0, 0.05) is 5.54 Å². The van der Waals surface area contributed by atoms with E-state index in [1.807, 2.05) is 0 Å². The summed E-state index contributed by atoms with van der Waals surface area (Å²) in [6, 6.07) is 0. The number of aliphatic hydroxyl groups is 1. The quantitative estimate of drug-likeness (QED) is 0.502. The third-order valence-electron chi connectivity index (χ3n) is 3.52. The van der Waals surface area contributed by atoms with Crippen molar-refractivity contribution < 1.29 is 5.11 Å². The van der Waals surface area contributed by atoms with Crippen molar-refractivity contribution in [3.63, 3.8) is 0 Å². The number of piperidine rings is 3. The molecule has 3 saturated heterocycles. The van der Waals surface area contributed by atoms with Gasteiger partial charge in [0.25, 0.3) is 0 Å². The molecule has 12 heavy (non-hydrogen) atoms. The van der Waals surface area contributed by atoms with Gasteiger partial charge in [-0.05, 0) is 45.7 Å². The molecule has 0 unspecified atom stereocenters. The van der Waals surface area contributed by atoms with Gasteiger partial charge in [-0.25, -0.2) is 0 Å². The first kappa shape index (κ1) is 10.1. The van der Waals surface area contributed by atoms with E-state index in [2.05, 4.69) is 18.7 Å². The van der Waals surface area contributed by atoms with Gasteiger partial charge in [0.15, 0.2) is 0 Å². The Morgan fingerprint density at radius 1 is 1.25 bits per heavy atom. The first-order valence-corrected chi connectivity index (χ1v) is 4.55. The van der Waals surface area contributed by atoms with Crippen LogP contribution in [0.15, 0.2) is 0 Å². The van der Waals surface area contributed by atoms with Gasteiger partial charge in [-0.3, -0.25) is 4.90 Å². The SMILES string of the molecule is B.CC1(C)[C@@H](O)C2CCN1CC2. The van der Waals surface area contributed by atoms with Crippen molar-refractivity contribution in [1.29, 1.82) is 0 Å². The van der Waals surface area contributed by atoms with Crippen molar-refractivity contribution in [2.75, 3.05) is 13.1 Å². The number of aliphatic hydroxyl groups excluding tert-OH is 1. The van der Waals surface area contributed by atoms with Crippen molar-refractivity contribution in [2.45, 2.75) is 38.3 Å². The van der Waals surface area contributed by atoms with Gasteiger partial charge in [-0.1, -0.05) is 0 Å². The second-order valence-corrected chi connectivity index (χ2v) is 4.42. The molecule has 0 aliphatic carbocycles. The van der Waals surface area contributed by atoms with Crippen molar-refractivity contribution in [2.24, 2.45) is 5.92 Å². The van der Waals surface area contributed by atoms with Crippen LogP contribution < -0.4 is 0 Å². The third-order valence-corrected chi connectivity index (χ3v) is 3.52. The van der Waals surface area contributed by atoms with Crippen LogP contribution in [0.25, 0.3) is 0 Å². The summed E-state index contributed by atoms with van der Waals surface area (Å²) in [4.78, 5) is 2.41. The highest BCUT2D eigenvalue weighted by atomic mass is 16.3. The summed E-state index contributed by atoms with van der Waals surface area (Å²) in [7, 11) is 0. The predicted octanol–water partition coefficient (Wildman–Crippen LogP) is -0.332. The molecule has 1 N–H and O–H groups in total. The predicted molar refractivity (Wildman–Crippen MR) is 54.3 cm³/mol. The largest absolute Gasteiger partial charge is 0.391 e. The van der Waals surface area contributed by atoms with E-state index >= 15 is 0 Å². The second-order valence-electron chi connectivity index (χ2n) is 4.42. The van der Waals surface area contributed by atoms with Crippen LogP contribution in [-0.2, 0) is 0 Å². The van der Waals surface area contributed by atoms with Crippen molar-refractivity contribution in [3.05, 3.63) is 0 Å². The normalized spacial score (nSPS) is 43.8. The third kappa shape index (κ3) is 1.19. The van der Waals surface area contributed by atoms with Gasteiger partial charge in [0.1, 0.15) is 0 Å². The summed E-state index contributed by atoms with van der Waals surface area (Å²) < 4.78 is 0. The highest BCUT2D eigenvalue weighted by Crippen LogP contribution is 2.38. The lowest BCUT2D eigenvalue weighted by molar-refractivity contribution is -0.117. The molecule has 3 heterocycles. The lowest BCUT2D eigenvalue weighted by Crippen LogP contribution is -2.63. The molecule has 2 bridgehead atoms. The molecule has 0 radical (unpaired) electrons. The van der Waals surface area contributed by atoms with Gasteiger partial charge >= 0.3 is 0 Å². The summed E-state index contributed by atoms with van der Waals surface area (Å²) in [5.74, 6) is 0.579. The maximum absolute atomic E-state index is 9.89. The molecule has 0 aromatic heterocycles. The first-order valence-electron chi connectivity index (χ1n) is 4.55. The summed E-state index contributed by atoms with van der Waals surface area (Å²) in [5, 5.41) is 9.89. The van der Waals surface area contributed by atoms with Gasteiger partial charge in [0.2, 0.25) is 0 Å². The minimum Gasteiger partial charge on any atom is -0.391 e. The van der Waals surface area contributed by atoms with E-state index < -0.39 is 0 Å². The molecule has 2 nitrogen and oxygen atoms in total. The topological polar surface area (TPSA) is 23.5 Å². The molecular weight excluding hydrogens is 149 g/mol. The molecule has 0 aromatic rings. The smallest absolute Gasteiger partial charge is 0.0814 e. The molecule has 70 valence electrons. The second kappa shape index (κ2) is 3.04. The van der Waals surface area contributed by atoms with Crippen molar-refractivity contribution >= 4 is 8.41 Å². The Bertz CT molecular complexity index is 160. The standard InChI is InChI=1S/C9H17NO.BH3/c1-9(2)8(11)7-3-5-10(9)6-4-7;/h7-8,11H,3-6H2,1-2H3;1H3/t8-;/m0./s1. The number of fused-ring (bicyclic) bond motifs is 3. The van der Waals surface area contributed by atoms with Crippen LogP contribution in [-0.4, -0.2) is 43.2 Å². The van der Waals surface area contributed by atoms with Crippen molar-refractivity contribution in [1.82, 2.24) is 4.90 Å². The van der Waals surface area contributed by atoms with Crippen LogP contribution in [0.2, 0.25) is 0 Å². The Morgan fingerprint density at radius 2 is 1.75 bits per heavy atom. The molecule has 0 amide bonds. The van der Waals surface area contributed by atoms with E-state index in [1.54, 1.807) is 0 Å². The average Bonchev–Trinajstić information content (AvgIpc) is 2.01. The van der Waals surface area contributed by atoms with Gasteiger partial charge in [0.05, 0.1) is 14.5 Å². The molecule has 0 spiro atoms. The molecular formula is C9H20BNO. The highest BCUT2D eigenvalue weighted by molar-refractivity contribution is 5.75. The minimum atomic E-state index is -0.0926. The van der Waals surface area contributed by atoms with Gasteiger partial charge in [-0.2, -0.15) is 0 Å². The molecule has 3 heteroatoms. The molecule has 3 rings (SSSR count). The lowest BCUT2D eigenvalue weighted by atomic mass is 9.74. The highest BCUT2D eigenvalue weighted by Gasteiger charge is 2.46. The molecule has 0 aromatic carbocycles. The molecule has 3 aliphatic rings. The van der Waals surface area contributed by atoms with Crippen LogP contribution in [0, 0.1) is 5.92 Å². The summed E-state index contributed by atoms with van der Waals surface area (Å²) in [5.41, 5.74) is 0.0428. The Kier molecular flexibility index (Phi) is 2.55. The number of rotatable bonds is 0. The van der Waals surface area contributed by atoms with Crippen LogP contribution in [0.1, 0.15) is 26.7 Å². The summed E-state index contributed by atoms with van der Waals surface area (Å²) in [6.07, 6.45) is 2.31. The zero-order valence-electron chi connectivity index (χ0n) is 7.38. The van der Waals surface area contributed by atoms with Crippen LogP contribution in [0.3, 0.4) is 0 Å². The van der Waals surface area contributed by atoms with Crippen molar-refractivity contribution in [3.8, 4) is 0 Å². The van der Waals surface area contributed by atoms with Gasteiger partial charge in [-0.15, -0.1) is 0 Å². The zero-order chi connectivity index (χ0) is 8.06. The average molecular weight is 169 g/mol. The number of hydrogen-bond donors (Lipinski definition) is 1. The number of nitrogens with zero attached hydrogens (tertiary/aromatic N) is 1. The van der Waals surface area contributed by atoms with E-state index in [-0.39, 0.29) is 20.1 Å². The monoisotopic (exact) mass is 169 g/mol. The summed E-state index contributed by atoms with van der Waals surface area (Å²) >= 11 is 0. The molecule has 0 saturated carbocycles. The Labute approximate surface area is 76.5 Å². The molecule has 1 atom stereocenters. The van der Waals surface area contributed by atoms with E-state index in [1.165, 1.54) is 25.9 Å².